The molecule has 2 N–H and O–H groups in total. The van der Waals surface area contributed by atoms with E-state index in [1.165, 1.54) is 10.4 Å². The largest absolute Gasteiger partial charge is 0.406 e. The predicted octanol–water partition coefficient (Wildman–Crippen LogP) is 2.77. The third kappa shape index (κ3) is 3.91. The van der Waals surface area contributed by atoms with E-state index in [0.29, 0.717) is 13.2 Å². The highest BCUT2D eigenvalue weighted by Gasteiger charge is 2.54. The summed E-state index contributed by atoms with van der Waals surface area (Å²) in [5, 5.41) is 23.8. The van der Waals surface area contributed by atoms with E-state index in [0.717, 1.165) is 19.4 Å². The minimum atomic E-state index is -2.56. The fraction of sp³-hybridized carbons (Fsp3) is 0.538. The van der Waals surface area contributed by atoms with Gasteiger partial charge in [-0.05, 0) is 47.6 Å². The monoisotopic (exact) mass is 439 g/mol. The second-order valence-corrected chi connectivity index (χ2v) is 14.8. The van der Waals surface area contributed by atoms with Gasteiger partial charge < -0.3 is 14.6 Å². The number of hydrogen-bond donors (Lipinski definition) is 2. The zero-order valence-corrected chi connectivity index (χ0v) is 20.3. The second-order valence-electron chi connectivity index (χ2n) is 10.5. The van der Waals surface area contributed by atoms with Crippen LogP contribution < -0.4 is 10.4 Å². The summed E-state index contributed by atoms with van der Waals surface area (Å²) in [6, 6.07) is 21.8. The SMILES string of the molecule is CC(O)[C@@]1(O)CN2CC[C@H]1C[C@@H]2CO[Si](c1ccccc1)(c1ccccc1)C(C)(C)C. The summed E-state index contributed by atoms with van der Waals surface area (Å²) >= 11 is 0. The lowest BCUT2D eigenvalue weighted by Gasteiger charge is -2.56. The molecular formula is C26H37NO3Si. The molecular weight excluding hydrogens is 402 g/mol. The molecule has 3 heterocycles. The number of hydrogen-bond acceptors (Lipinski definition) is 4. The summed E-state index contributed by atoms with van der Waals surface area (Å²) < 4.78 is 7.14. The quantitative estimate of drug-likeness (QED) is 0.680. The normalized spacial score (nSPS) is 29.7. The van der Waals surface area contributed by atoms with E-state index in [2.05, 4.69) is 86.3 Å². The Labute approximate surface area is 188 Å². The number of fused-ring (bicyclic) bond motifs is 3. The summed E-state index contributed by atoms with van der Waals surface area (Å²) in [7, 11) is -2.56. The maximum atomic E-state index is 11.0. The lowest BCUT2D eigenvalue weighted by Crippen LogP contribution is -2.70. The van der Waals surface area contributed by atoms with Gasteiger partial charge in [-0.2, -0.15) is 0 Å². The van der Waals surface area contributed by atoms with Gasteiger partial charge in [0.2, 0.25) is 0 Å². The molecule has 0 saturated carbocycles. The first kappa shape index (κ1) is 22.7. The number of aliphatic hydroxyl groups is 2. The number of benzene rings is 2. The van der Waals surface area contributed by atoms with Gasteiger partial charge in [0.1, 0.15) is 5.60 Å². The Hall–Kier alpha value is -1.50. The Kier molecular flexibility index (Phi) is 6.18. The van der Waals surface area contributed by atoms with Gasteiger partial charge in [0.25, 0.3) is 8.32 Å². The van der Waals surface area contributed by atoms with Crippen molar-refractivity contribution in [3.8, 4) is 0 Å². The Morgan fingerprint density at radius 3 is 2.03 bits per heavy atom. The van der Waals surface area contributed by atoms with E-state index >= 15 is 0 Å². The van der Waals surface area contributed by atoms with Gasteiger partial charge >= 0.3 is 0 Å². The molecule has 3 aliphatic rings. The number of piperidine rings is 3. The van der Waals surface area contributed by atoms with Crippen molar-refractivity contribution in [2.24, 2.45) is 5.92 Å². The van der Waals surface area contributed by atoms with Crippen LogP contribution >= 0.6 is 0 Å². The number of nitrogens with zero attached hydrogens (tertiary/aromatic N) is 1. The van der Waals surface area contributed by atoms with Crippen LogP contribution in [0.4, 0.5) is 0 Å². The zero-order valence-electron chi connectivity index (χ0n) is 19.3. The minimum Gasteiger partial charge on any atom is -0.406 e. The summed E-state index contributed by atoms with van der Waals surface area (Å²) in [5.41, 5.74) is -0.994. The van der Waals surface area contributed by atoms with Gasteiger partial charge in [0.15, 0.2) is 0 Å². The van der Waals surface area contributed by atoms with Crippen molar-refractivity contribution in [1.82, 2.24) is 4.90 Å². The van der Waals surface area contributed by atoms with Crippen LogP contribution in [0.3, 0.4) is 0 Å². The second kappa shape index (κ2) is 8.45. The molecule has 0 aliphatic carbocycles. The van der Waals surface area contributed by atoms with E-state index < -0.39 is 20.0 Å². The maximum Gasteiger partial charge on any atom is 0.261 e. The summed E-state index contributed by atoms with van der Waals surface area (Å²) in [4.78, 5) is 2.34. The van der Waals surface area contributed by atoms with Crippen LogP contribution in [0.25, 0.3) is 0 Å². The third-order valence-corrected chi connectivity index (χ3v) is 12.6. The average molecular weight is 440 g/mol. The zero-order chi connectivity index (χ0) is 22.3. The van der Waals surface area contributed by atoms with Crippen molar-refractivity contribution in [2.45, 2.75) is 63.3 Å². The van der Waals surface area contributed by atoms with Crippen LogP contribution in [0.15, 0.2) is 60.7 Å². The molecule has 168 valence electrons. The number of rotatable bonds is 6. The molecule has 31 heavy (non-hydrogen) atoms. The minimum absolute atomic E-state index is 0.0426. The standard InChI is InChI=1S/C26H37NO3Si/c1-20(28)26(29)19-27-16-15-21(26)17-22(27)18-30-31(25(2,3)4,23-11-7-5-8-12-23)24-13-9-6-10-14-24/h5-14,20-22,28-29H,15-19H2,1-4H3/t20?,21-,22+,26-/m0/s1. The van der Waals surface area contributed by atoms with E-state index in [9.17, 15) is 10.2 Å². The summed E-state index contributed by atoms with van der Waals surface area (Å²) in [6.07, 6.45) is 1.11. The summed E-state index contributed by atoms with van der Waals surface area (Å²) in [5.74, 6) is 0.130. The highest BCUT2D eigenvalue weighted by atomic mass is 28.4. The molecule has 3 saturated heterocycles. The first-order valence-electron chi connectivity index (χ1n) is 11.6. The molecule has 4 nitrogen and oxygen atoms in total. The molecule has 3 fully saturated rings. The van der Waals surface area contributed by atoms with Crippen molar-refractivity contribution in [2.75, 3.05) is 19.7 Å². The molecule has 3 aliphatic heterocycles. The average Bonchev–Trinajstić information content (AvgIpc) is 2.75. The molecule has 0 amide bonds. The molecule has 2 bridgehead atoms. The lowest BCUT2D eigenvalue weighted by atomic mass is 9.70. The molecule has 0 spiro atoms. The lowest BCUT2D eigenvalue weighted by molar-refractivity contribution is -0.185. The van der Waals surface area contributed by atoms with Crippen molar-refractivity contribution < 1.29 is 14.6 Å². The third-order valence-electron chi connectivity index (χ3n) is 7.63. The molecule has 0 radical (unpaired) electrons. The smallest absolute Gasteiger partial charge is 0.261 e. The molecule has 2 unspecified atom stereocenters. The van der Waals surface area contributed by atoms with Gasteiger partial charge in [-0.3, -0.25) is 4.90 Å². The molecule has 5 rings (SSSR count). The van der Waals surface area contributed by atoms with E-state index in [1.54, 1.807) is 6.92 Å². The van der Waals surface area contributed by atoms with Gasteiger partial charge in [0, 0.05) is 12.6 Å². The van der Waals surface area contributed by atoms with Crippen LogP contribution in [-0.4, -0.2) is 60.9 Å². The van der Waals surface area contributed by atoms with E-state index in [4.69, 9.17) is 4.43 Å². The van der Waals surface area contributed by atoms with Gasteiger partial charge in [-0.1, -0.05) is 81.4 Å². The topological polar surface area (TPSA) is 52.9 Å². The van der Waals surface area contributed by atoms with Gasteiger partial charge in [0.05, 0.1) is 12.7 Å². The highest BCUT2D eigenvalue weighted by Crippen LogP contribution is 2.42. The van der Waals surface area contributed by atoms with Crippen LogP contribution in [-0.2, 0) is 4.43 Å². The fourth-order valence-electron chi connectivity index (χ4n) is 5.85. The highest BCUT2D eigenvalue weighted by molar-refractivity contribution is 6.99. The van der Waals surface area contributed by atoms with Crippen molar-refractivity contribution >= 4 is 18.7 Å². The Morgan fingerprint density at radius 2 is 1.61 bits per heavy atom. The molecule has 2 aromatic rings. The molecule has 5 atom stereocenters. The van der Waals surface area contributed by atoms with Gasteiger partial charge in [-0.25, -0.2) is 0 Å². The predicted molar refractivity (Wildman–Crippen MR) is 128 cm³/mol. The van der Waals surface area contributed by atoms with Crippen molar-refractivity contribution in [3.05, 3.63) is 60.7 Å². The van der Waals surface area contributed by atoms with Crippen LogP contribution in [0.5, 0.6) is 0 Å². The molecule has 5 heteroatoms. The first-order valence-corrected chi connectivity index (χ1v) is 13.5. The van der Waals surface area contributed by atoms with Gasteiger partial charge in [-0.15, -0.1) is 0 Å². The first-order chi connectivity index (χ1) is 14.7. The van der Waals surface area contributed by atoms with E-state index in [1.807, 2.05) is 0 Å². The summed E-state index contributed by atoms with van der Waals surface area (Å²) in [6.45, 7) is 10.8. The Morgan fingerprint density at radius 1 is 1.06 bits per heavy atom. The molecule has 0 aromatic heterocycles. The molecule has 2 aromatic carbocycles. The maximum absolute atomic E-state index is 11.0. The van der Waals surface area contributed by atoms with Crippen LogP contribution in [0.1, 0.15) is 40.5 Å². The fourth-order valence-corrected chi connectivity index (χ4v) is 10.4. The Balaban J connectivity index is 1.66. The van der Waals surface area contributed by atoms with Crippen molar-refractivity contribution in [3.63, 3.8) is 0 Å². The number of aliphatic hydroxyl groups excluding tert-OH is 1. The van der Waals surface area contributed by atoms with E-state index in [-0.39, 0.29) is 17.0 Å². The van der Waals surface area contributed by atoms with Crippen molar-refractivity contribution in [1.29, 1.82) is 0 Å². The Bertz CT molecular complexity index is 828. The van der Waals surface area contributed by atoms with Crippen LogP contribution in [0, 0.1) is 5.92 Å². The van der Waals surface area contributed by atoms with Crippen LogP contribution in [0.2, 0.25) is 5.04 Å².